The molecule has 35 heavy (non-hydrogen) atoms. The maximum Gasteiger partial charge on any atom is 0.242 e. The third kappa shape index (κ3) is 9.02. The summed E-state index contributed by atoms with van der Waals surface area (Å²) in [5.41, 5.74) is 1.20. The maximum atomic E-state index is 13.3. The summed E-state index contributed by atoms with van der Waals surface area (Å²) in [5, 5.41) is 3.88. The summed E-state index contributed by atoms with van der Waals surface area (Å²) in [4.78, 5) is 27.5. The number of nitrogens with one attached hydrogen (secondary N) is 1. The van der Waals surface area contributed by atoms with Crippen molar-refractivity contribution in [3.8, 4) is 0 Å². The van der Waals surface area contributed by atoms with Gasteiger partial charge >= 0.3 is 0 Å². The minimum absolute atomic E-state index is 0.0614. The molecule has 0 saturated heterocycles. The molecule has 1 N–H and O–H groups in total. The van der Waals surface area contributed by atoms with Gasteiger partial charge in [0.15, 0.2) is 0 Å². The van der Waals surface area contributed by atoms with Crippen LogP contribution >= 0.6 is 23.2 Å². The van der Waals surface area contributed by atoms with E-state index in [1.54, 1.807) is 43.3 Å². The Morgan fingerprint density at radius 2 is 1.63 bits per heavy atom. The van der Waals surface area contributed by atoms with Crippen molar-refractivity contribution in [2.75, 3.05) is 23.7 Å². The molecule has 192 valence electrons. The van der Waals surface area contributed by atoms with Gasteiger partial charge in [-0.15, -0.1) is 0 Å². The number of rotatable bonds is 12. The molecule has 0 fully saturated rings. The molecule has 2 aromatic rings. The van der Waals surface area contributed by atoms with Crippen molar-refractivity contribution in [3.05, 3.63) is 64.1 Å². The van der Waals surface area contributed by atoms with Crippen molar-refractivity contribution in [2.45, 2.75) is 46.2 Å². The van der Waals surface area contributed by atoms with Crippen molar-refractivity contribution >= 4 is 50.7 Å². The number of nitrogens with zero attached hydrogens (tertiary/aromatic N) is 2. The zero-order valence-electron chi connectivity index (χ0n) is 20.5. The van der Waals surface area contributed by atoms with E-state index in [2.05, 4.69) is 5.32 Å². The van der Waals surface area contributed by atoms with Gasteiger partial charge in [0, 0.05) is 36.1 Å². The number of anilines is 1. The largest absolute Gasteiger partial charge is 0.354 e. The quantitative estimate of drug-likeness (QED) is 0.420. The lowest BCUT2D eigenvalue weighted by Crippen LogP contribution is -2.48. The number of carbonyl (C=O) groups is 2. The zero-order chi connectivity index (χ0) is 26.2. The lowest BCUT2D eigenvalue weighted by Gasteiger charge is -2.30. The van der Waals surface area contributed by atoms with Crippen LogP contribution in [-0.4, -0.2) is 50.5 Å². The van der Waals surface area contributed by atoms with Gasteiger partial charge in [-0.3, -0.25) is 13.9 Å². The Balaban J connectivity index is 2.16. The van der Waals surface area contributed by atoms with Gasteiger partial charge in [-0.05, 0) is 55.2 Å². The summed E-state index contributed by atoms with van der Waals surface area (Å²) in [7, 11) is -3.56. The Hall–Kier alpha value is -2.29. The lowest BCUT2D eigenvalue weighted by atomic mass is 10.1. The molecule has 1 atom stereocenters. The molecule has 0 bridgehead atoms. The highest BCUT2D eigenvalue weighted by molar-refractivity contribution is 7.92. The molecule has 2 amide bonds. The van der Waals surface area contributed by atoms with Gasteiger partial charge in [0.2, 0.25) is 21.8 Å². The molecule has 0 aliphatic rings. The van der Waals surface area contributed by atoms with E-state index in [1.165, 1.54) is 9.21 Å². The second kappa shape index (κ2) is 13.1. The predicted octanol–water partition coefficient (Wildman–Crippen LogP) is 4.73. The van der Waals surface area contributed by atoms with Crippen molar-refractivity contribution in [2.24, 2.45) is 5.92 Å². The average Bonchev–Trinajstić information content (AvgIpc) is 2.79. The van der Waals surface area contributed by atoms with Gasteiger partial charge in [-0.25, -0.2) is 8.42 Å². The Morgan fingerprint density at radius 1 is 1.00 bits per heavy atom. The first-order valence-electron chi connectivity index (χ1n) is 11.4. The Labute approximate surface area is 218 Å². The molecule has 0 saturated carbocycles. The fourth-order valence-electron chi connectivity index (χ4n) is 3.46. The summed E-state index contributed by atoms with van der Waals surface area (Å²) >= 11 is 12.2. The maximum absolute atomic E-state index is 13.3. The van der Waals surface area contributed by atoms with Crippen LogP contribution in [0, 0.1) is 5.92 Å². The number of carbonyl (C=O) groups excluding carboxylic acids is 2. The van der Waals surface area contributed by atoms with Crippen LogP contribution in [0.25, 0.3) is 0 Å². The second-order valence-electron chi connectivity index (χ2n) is 8.84. The fraction of sp³-hybridized carbons (Fsp3) is 0.440. The van der Waals surface area contributed by atoms with E-state index in [4.69, 9.17) is 23.2 Å². The summed E-state index contributed by atoms with van der Waals surface area (Å²) in [5.74, 6) is -0.242. The standard InChI is InChI=1S/C25H33Cl2N3O4S/c1-18(2)16-28-25(32)19(3)29(17-20-8-5-6-9-23(20)27)24(31)10-7-15-30(35(4,33)34)22-13-11-21(26)12-14-22/h5-6,8-9,11-14,18-19H,7,10,15-17H2,1-4H3,(H,28,32). The topological polar surface area (TPSA) is 86.8 Å². The van der Waals surface area contributed by atoms with Crippen LogP contribution in [0.4, 0.5) is 5.69 Å². The van der Waals surface area contributed by atoms with Gasteiger partial charge in [0.05, 0.1) is 11.9 Å². The van der Waals surface area contributed by atoms with E-state index in [9.17, 15) is 18.0 Å². The minimum atomic E-state index is -3.56. The van der Waals surface area contributed by atoms with E-state index < -0.39 is 16.1 Å². The number of hydrogen-bond acceptors (Lipinski definition) is 4. The predicted molar refractivity (Wildman–Crippen MR) is 142 cm³/mol. The number of sulfonamides is 1. The van der Waals surface area contributed by atoms with Gasteiger partial charge < -0.3 is 10.2 Å². The number of benzene rings is 2. The molecule has 0 aliphatic heterocycles. The SMILES string of the molecule is CC(C)CNC(=O)C(C)N(Cc1ccccc1Cl)C(=O)CCCN(c1ccc(Cl)cc1)S(C)(=O)=O. The zero-order valence-corrected chi connectivity index (χ0v) is 22.8. The molecule has 2 aromatic carbocycles. The van der Waals surface area contributed by atoms with Crippen LogP contribution in [0.1, 0.15) is 39.2 Å². The van der Waals surface area contributed by atoms with E-state index in [0.29, 0.717) is 22.3 Å². The second-order valence-corrected chi connectivity index (χ2v) is 11.6. The van der Waals surface area contributed by atoms with Crippen LogP contribution in [0.15, 0.2) is 48.5 Å². The summed E-state index contributed by atoms with van der Waals surface area (Å²) in [6.45, 7) is 6.45. The average molecular weight is 543 g/mol. The summed E-state index contributed by atoms with van der Waals surface area (Å²) in [6, 6.07) is 12.9. The Bertz CT molecular complexity index is 1110. The molecule has 0 radical (unpaired) electrons. The smallest absolute Gasteiger partial charge is 0.242 e. The van der Waals surface area contributed by atoms with Crippen LogP contribution in [-0.2, 0) is 26.2 Å². The lowest BCUT2D eigenvalue weighted by molar-refractivity contribution is -0.140. The number of amides is 2. The van der Waals surface area contributed by atoms with Crippen LogP contribution < -0.4 is 9.62 Å². The van der Waals surface area contributed by atoms with Gasteiger partial charge in [-0.1, -0.05) is 55.2 Å². The number of halogens is 2. The minimum Gasteiger partial charge on any atom is -0.354 e. The van der Waals surface area contributed by atoms with Gasteiger partial charge in [0.1, 0.15) is 6.04 Å². The van der Waals surface area contributed by atoms with Crippen LogP contribution in [0.2, 0.25) is 10.0 Å². The third-order valence-corrected chi connectivity index (χ3v) is 7.23. The first kappa shape index (κ1) is 28.9. The van der Waals surface area contributed by atoms with Crippen molar-refractivity contribution in [3.63, 3.8) is 0 Å². The fourth-order valence-corrected chi connectivity index (χ4v) is 4.74. The molecular weight excluding hydrogens is 509 g/mol. The molecule has 1 unspecified atom stereocenters. The molecule has 0 heterocycles. The highest BCUT2D eigenvalue weighted by atomic mass is 35.5. The highest BCUT2D eigenvalue weighted by Crippen LogP contribution is 2.22. The van der Waals surface area contributed by atoms with Crippen molar-refractivity contribution in [1.29, 1.82) is 0 Å². The van der Waals surface area contributed by atoms with E-state index in [1.807, 2.05) is 26.0 Å². The van der Waals surface area contributed by atoms with E-state index in [0.717, 1.165) is 11.8 Å². The first-order chi connectivity index (χ1) is 16.4. The highest BCUT2D eigenvalue weighted by Gasteiger charge is 2.27. The third-order valence-electron chi connectivity index (χ3n) is 5.42. The summed E-state index contributed by atoms with van der Waals surface area (Å²) in [6.07, 6.45) is 1.45. The van der Waals surface area contributed by atoms with Crippen LogP contribution in [0.5, 0.6) is 0 Å². The molecule has 0 spiro atoms. The Kier molecular flexibility index (Phi) is 10.9. The van der Waals surface area contributed by atoms with Crippen molar-refractivity contribution < 1.29 is 18.0 Å². The Morgan fingerprint density at radius 3 is 2.20 bits per heavy atom. The van der Waals surface area contributed by atoms with Crippen LogP contribution in [0.3, 0.4) is 0 Å². The van der Waals surface area contributed by atoms with Gasteiger partial charge in [0.25, 0.3) is 0 Å². The molecule has 2 rings (SSSR count). The summed E-state index contributed by atoms with van der Waals surface area (Å²) < 4.78 is 26.0. The van der Waals surface area contributed by atoms with E-state index >= 15 is 0 Å². The van der Waals surface area contributed by atoms with E-state index in [-0.39, 0.29) is 43.7 Å². The van der Waals surface area contributed by atoms with Gasteiger partial charge in [-0.2, -0.15) is 0 Å². The molecule has 0 aliphatic carbocycles. The normalized spacial score (nSPS) is 12.3. The molecule has 7 nitrogen and oxygen atoms in total. The monoisotopic (exact) mass is 541 g/mol. The first-order valence-corrected chi connectivity index (χ1v) is 14.0. The number of hydrogen-bond donors (Lipinski definition) is 1. The molecule has 10 heteroatoms. The molecule has 0 aromatic heterocycles. The van der Waals surface area contributed by atoms with Crippen molar-refractivity contribution in [1.82, 2.24) is 10.2 Å². The molecular formula is C25H33Cl2N3O4S.